The standard InChI is InChI=1S/C40H44N4O5/c1-5-22-20-42-15-13-37-26-9-7-8-10-30(26)44-34(36(46)48-4)25(22)17-32(42)40(37,44)49-31-19-27-29(18-28(31)37)41-39-12-11-24-23(6-2)21-43(39)16-14-38(27,39)33(24)35(45)47-3/h5-10,18-19,24-25,32-34,41H,11-17,20-21H2,1-4H3/b22-5+,23-6+. The molecular formula is C40H44N4O5. The first kappa shape index (κ1) is 29.0. The molecule has 0 amide bonds. The van der Waals surface area contributed by atoms with Gasteiger partial charge in [-0.15, -0.1) is 0 Å². The third kappa shape index (κ3) is 2.81. The molecule has 0 aromatic heterocycles. The SMILES string of the molecule is C/C=C1\CN2CCC34c5cc6c(cc5OC35C2CC1C(C(=O)OC)N5c1ccccc14)C12CCN3C/C(=C\C)C(CCC31N6)C2C(=O)OC. The number of piperidine rings is 3. The maximum atomic E-state index is 14.0. The van der Waals surface area contributed by atoms with Crippen LogP contribution in [-0.2, 0) is 29.9 Å². The number of allylic oxidation sites excluding steroid dienone is 2. The van der Waals surface area contributed by atoms with Crippen LogP contribution in [0, 0.1) is 17.8 Å². The lowest BCUT2D eigenvalue weighted by Crippen LogP contribution is -2.81. The predicted octanol–water partition coefficient (Wildman–Crippen LogP) is 4.70. The fraction of sp³-hybridized carbons (Fsp3) is 0.550. The number of anilines is 2. The van der Waals surface area contributed by atoms with Gasteiger partial charge in [-0.3, -0.25) is 14.6 Å². The van der Waals surface area contributed by atoms with E-state index in [-0.39, 0.29) is 41.4 Å². The number of carbonyl (C=O) groups is 2. The van der Waals surface area contributed by atoms with Crippen LogP contribution in [0.1, 0.15) is 62.6 Å². The first-order valence-electron chi connectivity index (χ1n) is 18.3. The molecule has 7 fully saturated rings. The number of carbonyl (C=O) groups excluding carboxylic acids is 2. The Morgan fingerprint density at radius 2 is 1.71 bits per heavy atom. The third-order valence-electron chi connectivity index (χ3n) is 15.2. The number of hydrogen-bond acceptors (Lipinski definition) is 9. The molecular weight excluding hydrogens is 616 g/mol. The number of benzene rings is 2. The van der Waals surface area contributed by atoms with E-state index in [9.17, 15) is 9.59 Å². The Bertz CT molecular complexity index is 1960. The molecule has 10 atom stereocenters. The van der Waals surface area contributed by atoms with Gasteiger partial charge in [0, 0.05) is 54.5 Å². The topological polar surface area (TPSA) is 83.6 Å². The van der Waals surface area contributed by atoms with E-state index in [1.54, 1.807) is 7.11 Å². The maximum Gasteiger partial charge on any atom is 0.329 e. The quantitative estimate of drug-likeness (QED) is 0.364. The Morgan fingerprint density at radius 1 is 0.918 bits per heavy atom. The minimum atomic E-state index is -0.791. The van der Waals surface area contributed by atoms with Crippen molar-refractivity contribution in [3.63, 3.8) is 0 Å². The van der Waals surface area contributed by atoms with Crippen molar-refractivity contribution in [2.45, 2.75) is 80.3 Å². The molecule has 9 heterocycles. The molecule has 9 heteroatoms. The van der Waals surface area contributed by atoms with Gasteiger partial charge in [0.1, 0.15) is 17.5 Å². The number of methoxy groups -OCH3 is 2. The number of hydrogen-bond donors (Lipinski definition) is 1. The van der Waals surface area contributed by atoms with Gasteiger partial charge in [0.25, 0.3) is 0 Å². The van der Waals surface area contributed by atoms with E-state index >= 15 is 0 Å². The van der Waals surface area contributed by atoms with Crippen molar-refractivity contribution >= 4 is 23.3 Å². The number of nitrogens with one attached hydrogen (secondary N) is 1. The minimum Gasteiger partial charge on any atom is -0.469 e. The van der Waals surface area contributed by atoms with Crippen LogP contribution in [0.2, 0.25) is 0 Å². The van der Waals surface area contributed by atoms with E-state index in [1.807, 2.05) is 0 Å². The molecule has 6 bridgehead atoms. The number of rotatable bonds is 2. The summed E-state index contributed by atoms with van der Waals surface area (Å²) >= 11 is 0. The molecule has 1 N–H and O–H groups in total. The number of para-hydroxylation sites is 1. The van der Waals surface area contributed by atoms with Gasteiger partial charge in [0.05, 0.1) is 31.6 Å². The van der Waals surface area contributed by atoms with Crippen LogP contribution in [0.25, 0.3) is 0 Å². The summed E-state index contributed by atoms with van der Waals surface area (Å²) in [5.41, 5.74) is 6.52. The molecule has 2 spiro atoms. The van der Waals surface area contributed by atoms with Crippen molar-refractivity contribution < 1.29 is 23.8 Å². The highest BCUT2D eigenvalue weighted by molar-refractivity contribution is 5.89. The average molecular weight is 661 g/mol. The van der Waals surface area contributed by atoms with E-state index in [0.29, 0.717) is 0 Å². The lowest BCUT2D eigenvalue weighted by molar-refractivity contribution is -0.156. The Kier molecular flexibility index (Phi) is 5.37. The summed E-state index contributed by atoms with van der Waals surface area (Å²) in [6, 6.07) is 13.0. The monoisotopic (exact) mass is 660 g/mol. The molecule has 6 saturated heterocycles. The Labute approximate surface area is 287 Å². The maximum absolute atomic E-state index is 14.0. The normalized spacial score (nSPS) is 44.0. The second-order valence-electron chi connectivity index (χ2n) is 16.0. The van der Waals surface area contributed by atoms with Crippen LogP contribution in [0.4, 0.5) is 11.4 Å². The summed E-state index contributed by atoms with van der Waals surface area (Å²) in [6.07, 6.45) is 9.05. The molecule has 49 heavy (non-hydrogen) atoms. The van der Waals surface area contributed by atoms with Gasteiger partial charge in [-0.05, 0) is 81.2 Å². The highest BCUT2D eigenvalue weighted by Gasteiger charge is 2.80. The van der Waals surface area contributed by atoms with E-state index in [0.717, 1.165) is 75.4 Å². The van der Waals surface area contributed by atoms with Gasteiger partial charge in [-0.2, -0.15) is 0 Å². The van der Waals surface area contributed by atoms with Gasteiger partial charge < -0.3 is 24.4 Å². The molecule has 254 valence electrons. The summed E-state index contributed by atoms with van der Waals surface area (Å²) in [5.74, 6) is 0.532. The highest BCUT2D eigenvalue weighted by atomic mass is 16.5. The highest BCUT2D eigenvalue weighted by Crippen LogP contribution is 2.73. The first-order valence-corrected chi connectivity index (χ1v) is 18.3. The fourth-order valence-corrected chi connectivity index (χ4v) is 13.6. The van der Waals surface area contributed by atoms with Crippen molar-refractivity contribution in [3.05, 3.63) is 76.4 Å². The lowest BCUT2D eigenvalue weighted by Gasteiger charge is -2.64. The number of nitrogens with zero attached hydrogens (tertiary/aromatic N) is 3. The van der Waals surface area contributed by atoms with Crippen LogP contribution in [-0.4, -0.2) is 85.6 Å². The van der Waals surface area contributed by atoms with Gasteiger partial charge >= 0.3 is 11.9 Å². The van der Waals surface area contributed by atoms with E-state index in [1.165, 1.54) is 34.9 Å². The van der Waals surface area contributed by atoms with Crippen LogP contribution in [0.3, 0.4) is 0 Å². The Hall–Kier alpha value is -3.82. The lowest BCUT2D eigenvalue weighted by atomic mass is 9.54. The number of ether oxygens (including phenoxy) is 3. The summed E-state index contributed by atoms with van der Waals surface area (Å²) in [7, 11) is 3.07. The van der Waals surface area contributed by atoms with E-state index in [4.69, 9.17) is 14.2 Å². The Balaban J connectivity index is 1.16. The van der Waals surface area contributed by atoms with Crippen molar-refractivity contribution in [1.82, 2.24) is 9.80 Å². The summed E-state index contributed by atoms with van der Waals surface area (Å²) < 4.78 is 19.0. The molecule has 10 unspecified atom stereocenters. The third-order valence-corrected chi connectivity index (χ3v) is 15.2. The molecule has 9 nitrogen and oxygen atoms in total. The van der Waals surface area contributed by atoms with Gasteiger partial charge in [-0.25, -0.2) is 4.79 Å². The van der Waals surface area contributed by atoms with Crippen LogP contribution >= 0.6 is 0 Å². The average Bonchev–Trinajstić information content (AvgIpc) is 3.73. The summed E-state index contributed by atoms with van der Waals surface area (Å²) in [5, 5.41) is 4.16. The summed E-state index contributed by atoms with van der Waals surface area (Å²) in [4.78, 5) is 35.7. The number of esters is 2. The predicted molar refractivity (Wildman–Crippen MR) is 183 cm³/mol. The second kappa shape index (κ2) is 9.09. The zero-order valence-electron chi connectivity index (χ0n) is 28.8. The molecule has 0 radical (unpaired) electrons. The Morgan fingerprint density at radius 3 is 2.51 bits per heavy atom. The zero-order chi connectivity index (χ0) is 33.2. The fourth-order valence-electron chi connectivity index (χ4n) is 13.6. The van der Waals surface area contributed by atoms with Gasteiger partial charge in [-0.1, -0.05) is 41.5 Å². The molecule has 2 aromatic rings. The smallest absolute Gasteiger partial charge is 0.329 e. The van der Waals surface area contributed by atoms with Gasteiger partial charge in [0.15, 0.2) is 0 Å². The van der Waals surface area contributed by atoms with E-state index in [2.05, 4.69) is 82.4 Å². The first-order chi connectivity index (χ1) is 23.8. The zero-order valence-corrected chi connectivity index (χ0v) is 28.8. The molecule has 2 aromatic carbocycles. The van der Waals surface area contributed by atoms with Crippen molar-refractivity contribution in [2.24, 2.45) is 17.8 Å². The molecule has 9 aliphatic heterocycles. The van der Waals surface area contributed by atoms with Crippen LogP contribution in [0.5, 0.6) is 5.75 Å². The summed E-state index contributed by atoms with van der Waals surface area (Å²) in [6.45, 7) is 7.84. The largest absolute Gasteiger partial charge is 0.469 e. The second-order valence-corrected chi connectivity index (χ2v) is 16.0. The van der Waals surface area contributed by atoms with Crippen molar-refractivity contribution in [3.8, 4) is 5.75 Å². The van der Waals surface area contributed by atoms with E-state index < -0.39 is 22.6 Å². The number of fused-ring (bicyclic) bond motifs is 7. The van der Waals surface area contributed by atoms with Crippen molar-refractivity contribution in [1.29, 1.82) is 0 Å². The minimum absolute atomic E-state index is 0.0525. The van der Waals surface area contributed by atoms with Crippen molar-refractivity contribution in [2.75, 3.05) is 50.6 Å². The van der Waals surface area contributed by atoms with Crippen LogP contribution in [0.15, 0.2) is 59.7 Å². The van der Waals surface area contributed by atoms with Crippen LogP contribution < -0.4 is 15.0 Å². The molecule has 1 saturated carbocycles. The van der Waals surface area contributed by atoms with Gasteiger partial charge in [0.2, 0.25) is 5.72 Å². The molecule has 1 aliphatic carbocycles. The molecule has 12 rings (SSSR count). The molecule has 10 aliphatic rings.